The molecule has 0 saturated carbocycles. The molecule has 0 radical (unpaired) electrons. The number of nitrogens with zero attached hydrogens (tertiary/aromatic N) is 4. The van der Waals surface area contributed by atoms with Crippen molar-refractivity contribution < 1.29 is 14.3 Å². The minimum atomic E-state index is -0.120. The van der Waals surface area contributed by atoms with E-state index >= 15 is 0 Å². The van der Waals surface area contributed by atoms with Crippen molar-refractivity contribution in [3.63, 3.8) is 0 Å². The number of methoxy groups -OCH3 is 2. The number of aromatic nitrogens is 3. The molecule has 1 aromatic carbocycles. The zero-order valence-electron chi connectivity index (χ0n) is 16.3. The Morgan fingerprint density at radius 1 is 1.32 bits per heavy atom. The third-order valence-corrected chi connectivity index (χ3v) is 5.47. The lowest BCUT2D eigenvalue weighted by molar-refractivity contribution is -0.147. The summed E-state index contributed by atoms with van der Waals surface area (Å²) in [6, 6.07) is 7.77. The van der Waals surface area contributed by atoms with Crippen LogP contribution in [0.15, 0.2) is 36.9 Å². The van der Waals surface area contributed by atoms with Crippen LogP contribution < -0.4 is 4.74 Å². The van der Waals surface area contributed by atoms with Crippen LogP contribution in [0.25, 0.3) is 11.4 Å². The van der Waals surface area contributed by atoms with Gasteiger partial charge in [-0.3, -0.25) is 14.3 Å². The maximum Gasteiger partial charge on any atom is 0.308 e. The van der Waals surface area contributed by atoms with Crippen LogP contribution in [-0.4, -0.2) is 52.5 Å². The average molecular weight is 403 g/mol. The zero-order chi connectivity index (χ0) is 20.1. The topological polar surface area (TPSA) is 61.5 Å². The van der Waals surface area contributed by atoms with Gasteiger partial charge in [0.25, 0.3) is 0 Å². The number of esters is 1. The van der Waals surface area contributed by atoms with Gasteiger partial charge in [-0.05, 0) is 37.2 Å². The van der Waals surface area contributed by atoms with Crippen molar-refractivity contribution in [1.82, 2.24) is 19.2 Å². The maximum absolute atomic E-state index is 11.7. The summed E-state index contributed by atoms with van der Waals surface area (Å²) in [5, 5.41) is 4.79. The number of hydrogen-bond acceptors (Lipinski definition) is 6. The normalized spacial score (nSPS) is 15.4. The summed E-state index contributed by atoms with van der Waals surface area (Å²) in [5.74, 6) is 1.37. The molecule has 3 rings (SSSR count). The van der Waals surface area contributed by atoms with Gasteiger partial charge in [0.1, 0.15) is 5.75 Å². The summed E-state index contributed by atoms with van der Waals surface area (Å²) < 4.78 is 14.8. The van der Waals surface area contributed by atoms with Gasteiger partial charge in [0.2, 0.25) is 0 Å². The SMILES string of the molecule is C=CCn1c(-c2ccccc2OC)nn(CN2CCC(C(=O)OC)CC2)c1=S. The standard InChI is InChI=1S/C20H26N4O3S/c1-4-11-23-18(16-7-5-6-8-17(16)26-2)21-24(20(23)28)14-22-12-9-15(10-13-22)19(25)27-3/h4-8,15H,1,9-14H2,2-3H3. The van der Waals surface area contributed by atoms with Gasteiger partial charge in [-0.2, -0.15) is 5.10 Å². The Hall–Kier alpha value is -2.45. The van der Waals surface area contributed by atoms with Gasteiger partial charge in [-0.25, -0.2) is 4.68 Å². The second-order valence-electron chi connectivity index (χ2n) is 6.76. The average Bonchev–Trinajstić information content (AvgIpc) is 3.03. The van der Waals surface area contributed by atoms with E-state index in [4.69, 9.17) is 26.8 Å². The van der Waals surface area contributed by atoms with Crippen LogP contribution in [-0.2, 0) is 22.7 Å². The number of para-hydroxylation sites is 1. The van der Waals surface area contributed by atoms with Gasteiger partial charge < -0.3 is 9.47 Å². The summed E-state index contributed by atoms with van der Waals surface area (Å²) in [4.78, 5) is 14.0. The molecule has 8 heteroatoms. The largest absolute Gasteiger partial charge is 0.496 e. The van der Waals surface area contributed by atoms with Gasteiger partial charge in [0, 0.05) is 19.6 Å². The number of allylic oxidation sites excluding steroid dienone is 1. The molecule has 0 aliphatic carbocycles. The van der Waals surface area contributed by atoms with E-state index in [1.54, 1.807) is 7.11 Å². The fourth-order valence-electron chi connectivity index (χ4n) is 3.52. The fraction of sp³-hybridized carbons (Fsp3) is 0.450. The molecule has 0 unspecified atom stereocenters. The number of hydrogen-bond donors (Lipinski definition) is 0. The van der Waals surface area contributed by atoms with Crippen molar-refractivity contribution in [2.45, 2.75) is 26.1 Å². The van der Waals surface area contributed by atoms with E-state index in [9.17, 15) is 4.79 Å². The highest BCUT2D eigenvalue weighted by Crippen LogP contribution is 2.29. The zero-order valence-corrected chi connectivity index (χ0v) is 17.2. The monoisotopic (exact) mass is 402 g/mol. The molecular formula is C20H26N4O3S. The first kappa shape index (κ1) is 20.3. The molecule has 1 aliphatic rings. The lowest BCUT2D eigenvalue weighted by Gasteiger charge is -2.30. The quantitative estimate of drug-likeness (QED) is 0.403. The predicted molar refractivity (Wildman–Crippen MR) is 110 cm³/mol. The second kappa shape index (κ2) is 9.16. The predicted octanol–water partition coefficient (Wildman–Crippen LogP) is 3.12. The van der Waals surface area contributed by atoms with Gasteiger partial charge in [0.15, 0.2) is 10.6 Å². The van der Waals surface area contributed by atoms with Crippen LogP contribution >= 0.6 is 12.2 Å². The minimum Gasteiger partial charge on any atom is -0.496 e. The Labute approximate surface area is 170 Å². The number of carbonyl (C=O) groups excluding carboxylic acids is 1. The Morgan fingerprint density at radius 2 is 2.04 bits per heavy atom. The number of piperidine rings is 1. The van der Waals surface area contributed by atoms with E-state index in [0.717, 1.165) is 43.1 Å². The van der Waals surface area contributed by atoms with Crippen LogP contribution in [0, 0.1) is 10.7 Å². The molecule has 0 amide bonds. The summed E-state index contributed by atoms with van der Waals surface area (Å²) in [7, 11) is 3.09. The highest BCUT2D eigenvalue weighted by Gasteiger charge is 2.26. The molecule has 7 nitrogen and oxygen atoms in total. The van der Waals surface area contributed by atoms with Crippen LogP contribution in [0.1, 0.15) is 12.8 Å². The Morgan fingerprint density at radius 3 is 2.68 bits per heavy atom. The molecule has 1 aliphatic heterocycles. The Kier molecular flexibility index (Phi) is 6.64. The summed E-state index contributed by atoms with van der Waals surface area (Å²) in [5.41, 5.74) is 0.890. The van der Waals surface area contributed by atoms with E-state index in [0.29, 0.717) is 18.0 Å². The molecule has 2 aromatic rings. The van der Waals surface area contributed by atoms with Gasteiger partial charge in [-0.15, -0.1) is 6.58 Å². The molecule has 150 valence electrons. The van der Waals surface area contributed by atoms with Crippen LogP contribution in [0.4, 0.5) is 0 Å². The van der Waals surface area contributed by atoms with Gasteiger partial charge in [-0.1, -0.05) is 18.2 Å². The summed E-state index contributed by atoms with van der Waals surface area (Å²) in [6.45, 7) is 6.60. The highest BCUT2D eigenvalue weighted by atomic mass is 32.1. The van der Waals surface area contributed by atoms with Gasteiger partial charge in [0.05, 0.1) is 32.4 Å². The van der Waals surface area contributed by atoms with E-state index in [1.807, 2.05) is 39.6 Å². The van der Waals surface area contributed by atoms with Crippen molar-refractivity contribution in [3.8, 4) is 17.1 Å². The first-order chi connectivity index (χ1) is 13.6. The second-order valence-corrected chi connectivity index (χ2v) is 7.13. The summed E-state index contributed by atoms with van der Waals surface area (Å²) >= 11 is 5.68. The molecule has 2 heterocycles. The highest BCUT2D eigenvalue weighted by molar-refractivity contribution is 7.71. The molecule has 28 heavy (non-hydrogen) atoms. The Bertz CT molecular complexity index is 897. The number of benzene rings is 1. The fourth-order valence-corrected chi connectivity index (χ4v) is 3.78. The number of carbonyl (C=O) groups is 1. The maximum atomic E-state index is 11.7. The first-order valence-corrected chi connectivity index (χ1v) is 9.72. The van der Waals surface area contributed by atoms with Crippen molar-refractivity contribution in [3.05, 3.63) is 41.7 Å². The van der Waals surface area contributed by atoms with Crippen LogP contribution in [0.3, 0.4) is 0 Å². The Balaban J connectivity index is 1.84. The molecule has 0 spiro atoms. The summed E-state index contributed by atoms with van der Waals surface area (Å²) in [6.07, 6.45) is 3.38. The van der Waals surface area contributed by atoms with Gasteiger partial charge >= 0.3 is 5.97 Å². The van der Waals surface area contributed by atoms with E-state index < -0.39 is 0 Å². The lowest BCUT2D eigenvalue weighted by Crippen LogP contribution is -2.38. The lowest BCUT2D eigenvalue weighted by atomic mass is 9.97. The number of ether oxygens (including phenoxy) is 2. The molecule has 1 fully saturated rings. The minimum absolute atomic E-state index is 0.0170. The van der Waals surface area contributed by atoms with Crippen LogP contribution in [0.2, 0.25) is 0 Å². The molecule has 0 atom stereocenters. The molecule has 0 N–H and O–H groups in total. The van der Waals surface area contributed by atoms with Crippen molar-refractivity contribution in [2.75, 3.05) is 27.3 Å². The number of likely N-dealkylation sites (tertiary alicyclic amines) is 1. The van der Waals surface area contributed by atoms with E-state index in [-0.39, 0.29) is 11.9 Å². The van der Waals surface area contributed by atoms with Crippen molar-refractivity contribution in [1.29, 1.82) is 0 Å². The first-order valence-electron chi connectivity index (χ1n) is 9.31. The number of rotatable bonds is 7. The van der Waals surface area contributed by atoms with Crippen LogP contribution in [0.5, 0.6) is 5.75 Å². The van der Waals surface area contributed by atoms with E-state index in [2.05, 4.69) is 11.5 Å². The molecule has 0 bridgehead atoms. The molecule has 1 aromatic heterocycles. The third kappa shape index (κ3) is 4.18. The molecular weight excluding hydrogens is 376 g/mol. The molecule has 1 saturated heterocycles. The van der Waals surface area contributed by atoms with E-state index in [1.165, 1.54) is 7.11 Å². The third-order valence-electron chi connectivity index (χ3n) is 5.04. The van der Waals surface area contributed by atoms with Crippen molar-refractivity contribution in [2.24, 2.45) is 5.92 Å². The van der Waals surface area contributed by atoms with Crippen molar-refractivity contribution >= 4 is 18.2 Å². The smallest absolute Gasteiger partial charge is 0.308 e.